The minimum atomic E-state index is -1.08. The van der Waals surface area contributed by atoms with Crippen molar-refractivity contribution >= 4 is 22.3 Å². The molecule has 0 spiro atoms. The summed E-state index contributed by atoms with van der Waals surface area (Å²) in [5, 5.41) is 0.959. The zero-order valence-electron chi connectivity index (χ0n) is 7.17. The molecule has 0 aliphatic rings. The lowest BCUT2D eigenvalue weighted by Crippen LogP contribution is -2.09. The van der Waals surface area contributed by atoms with Crippen LogP contribution in [0.3, 0.4) is 0 Å². The van der Waals surface area contributed by atoms with Crippen LogP contribution in [-0.4, -0.2) is 21.7 Å². The van der Waals surface area contributed by atoms with E-state index >= 15 is 0 Å². The first-order valence-corrected chi connectivity index (χ1v) is 5.15. The molecule has 0 aliphatic carbocycles. The highest BCUT2D eigenvalue weighted by atomic mass is 32.2. The highest BCUT2D eigenvalue weighted by Crippen LogP contribution is 2.19. The number of nitrogens with zero attached hydrogens (tertiary/aromatic N) is 1. The van der Waals surface area contributed by atoms with Gasteiger partial charge in [0.05, 0.1) is 10.7 Å². The Balaban J connectivity index is 0.00000121. The molecule has 1 heterocycles. The quantitative estimate of drug-likeness (QED) is 0.752. The zero-order chi connectivity index (χ0) is 8.43. The summed E-state index contributed by atoms with van der Waals surface area (Å²) in [6, 6.07) is 0. The van der Waals surface area contributed by atoms with Crippen molar-refractivity contribution in [1.29, 1.82) is 0 Å². The van der Waals surface area contributed by atoms with Crippen LogP contribution in [0.5, 0.6) is 0 Å². The lowest BCUT2D eigenvalue weighted by atomic mass is 10.6. The molecule has 0 amide bonds. The van der Waals surface area contributed by atoms with Crippen LogP contribution >= 0.6 is 11.3 Å². The van der Waals surface area contributed by atoms with Crippen LogP contribution in [-0.2, 0) is 11.0 Å². The molecule has 0 saturated heterocycles. The van der Waals surface area contributed by atoms with Crippen LogP contribution in [0.1, 0.15) is 10.7 Å². The van der Waals surface area contributed by atoms with E-state index in [-0.39, 0.29) is 5.48 Å². The molecule has 1 unspecified atom stereocenters. The van der Waals surface area contributed by atoms with Gasteiger partial charge in [-0.2, -0.15) is 0 Å². The highest BCUT2D eigenvalue weighted by Gasteiger charge is 2.09. The van der Waals surface area contributed by atoms with Crippen LogP contribution in [0.25, 0.3) is 0 Å². The predicted molar refractivity (Wildman–Crippen MR) is 50.7 cm³/mol. The van der Waals surface area contributed by atoms with E-state index in [9.17, 15) is 4.21 Å². The fourth-order valence-corrected chi connectivity index (χ4v) is 2.84. The van der Waals surface area contributed by atoms with Crippen molar-refractivity contribution in [2.45, 2.75) is 18.1 Å². The predicted octanol–water partition coefficient (Wildman–Crippen LogP) is 0.177. The molecular formula is C6H12N2O2S2. The molecule has 3 N–H and O–H groups in total. The summed E-state index contributed by atoms with van der Waals surface area (Å²) in [7, 11) is 0.596. The third-order valence-corrected chi connectivity index (χ3v) is 3.79. The molecule has 0 saturated carbocycles. The van der Waals surface area contributed by atoms with Crippen molar-refractivity contribution in [3.63, 3.8) is 0 Å². The number of thiazole rings is 1. The van der Waals surface area contributed by atoms with Gasteiger partial charge in [0.25, 0.3) is 0 Å². The van der Waals surface area contributed by atoms with Gasteiger partial charge in [0.15, 0.2) is 0 Å². The van der Waals surface area contributed by atoms with Crippen LogP contribution in [0, 0.1) is 13.8 Å². The van der Waals surface area contributed by atoms with E-state index in [4.69, 9.17) is 0 Å². The van der Waals surface area contributed by atoms with E-state index in [1.807, 2.05) is 13.8 Å². The Kier molecular flexibility index (Phi) is 4.54. The molecule has 1 rings (SSSR count). The normalized spacial score (nSPS) is 12.2. The fraction of sp³-hybridized carbons (Fsp3) is 0.500. The van der Waals surface area contributed by atoms with Gasteiger partial charge in [0.1, 0.15) is 15.2 Å². The number of nitrogens with one attached hydrogen (secondary N) is 1. The van der Waals surface area contributed by atoms with Gasteiger partial charge in [-0.05, 0) is 20.9 Å². The zero-order valence-corrected chi connectivity index (χ0v) is 8.80. The minimum Gasteiger partial charge on any atom is -0.412 e. The van der Waals surface area contributed by atoms with Crippen molar-refractivity contribution in [3.8, 4) is 0 Å². The molecule has 0 radical (unpaired) electrons. The number of aryl methyl sites for hydroxylation is 2. The first kappa shape index (κ1) is 11.7. The molecule has 1 atom stereocenters. The van der Waals surface area contributed by atoms with Gasteiger partial charge in [-0.3, -0.25) is 0 Å². The molecule has 1 aromatic rings. The molecule has 6 heteroatoms. The third-order valence-electron chi connectivity index (χ3n) is 1.21. The Morgan fingerprint density at radius 3 is 2.42 bits per heavy atom. The summed E-state index contributed by atoms with van der Waals surface area (Å²) in [4.78, 5) is 4.17. The third kappa shape index (κ3) is 2.34. The average molecular weight is 208 g/mol. The standard InChI is InChI=1S/C6H10N2OS2.H2O/c1-4-6(11(9)7-3)10-5(2)8-4;/h7H,1-3H3;1H2. The number of rotatable bonds is 2. The van der Waals surface area contributed by atoms with Gasteiger partial charge in [0.2, 0.25) is 0 Å². The van der Waals surface area contributed by atoms with Gasteiger partial charge in [0, 0.05) is 0 Å². The summed E-state index contributed by atoms with van der Waals surface area (Å²) in [5.74, 6) is 0. The van der Waals surface area contributed by atoms with Gasteiger partial charge in [-0.15, -0.1) is 11.3 Å². The first-order valence-electron chi connectivity index (χ1n) is 3.18. The second-order valence-corrected chi connectivity index (χ2v) is 4.89. The lowest BCUT2D eigenvalue weighted by molar-refractivity contribution is 0.679. The fourth-order valence-electron chi connectivity index (χ4n) is 0.777. The van der Waals surface area contributed by atoms with Crippen LogP contribution < -0.4 is 4.72 Å². The Bertz CT molecular complexity index is 285. The van der Waals surface area contributed by atoms with E-state index in [1.54, 1.807) is 7.05 Å². The first-order chi connectivity index (χ1) is 5.15. The number of hydrogen-bond acceptors (Lipinski definition) is 3. The summed E-state index contributed by atoms with van der Waals surface area (Å²) in [6.07, 6.45) is 0. The van der Waals surface area contributed by atoms with Crippen LogP contribution in [0.4, 0.5) is 0 Å². The maximum Gasteiger partial charge on any atom is 0.136 e. The summed E-state index contributed by atoms with van der Waals surface area (Å²) in [5.41, 5.74) is 0.861. The van der Waals surface area contributed by atoms with Crippen LogP contribution in [0.15, 0.2) is 4.21 Å². The second-order valence-electron chi connectivity index (χ2n) is 2.08. The van der Waals surface area contributed by atoms with E-state index in [1.165, 1.54) is 11.3 Å². The summed E-state index contributed by atoms with van der Waals surface area (Å²) in [6.45, 7) is 3.78. The van der Waals surface area contributed by atoms with Crippen molar-refractivity contribution < 1.29 is 9.69 Å². The van der Waals surface area contributed by atoms with E-state index in [0.717, 1.165) is 14.9 Å². The largest absolute Gasteiger partial charge is 0.412 e. The van der Waals surface area contributed by atoms with Crippen molar-refractivity contribution in [2.24, 2.45) is 0 Å². The molecule has 1 aromatic heterocycles. The minimum absolute atomic E-state index is 0. The molecule has 0 aromatic carbocycles. The summed E-state index contributed by atoms with van der Waals surface area (Å²) >= 11 is 1.47. The molecule has 0 bridgehead atoms. The Labute approximate surface area is 77.9 Å². The Hall–Kier alpha value is -0.300. The highest BCUT2D eigenvalue weighted by molar-refractivity contribution is 7.85. The van der Waals surface area contributed by atoms with Crippen LogP contribution in [0.2, 0.25) is 0 Å². The lowest BCUT2D eigenvalue weighted by Gasteiger charge is -1.93. The molecule has 0 fully saturated rings. The summed E-state index contributed by atoms with van der Waals surface area (Å²) < 4.78 is 14.7. The maximum absolute atomic E-state index is 11.2. The molecule has 70 valence electrons. The van der Waals surface area contributed by atoms with E-state index in [0.29, 0.717) is 0 Å². The Morgan fingerprint density at radius 1 is 1.50 bits per heavy atom. The SMILES string of the molecule is CNS(=O)c1sc(C)nc1C.O. The van der Waals surface area contributed by atoms with Crippen molar-refractivity contribution in [1.82, 2.24) is 9.71 Å². The van der Waals surface area contributed by atoms with E-state index in [2.05, 4.69) is 9.71 Å². The number of aromatic nitrogens is 1. The maximum atomic E-state index is 11.2. The molecule has 0 aliphatic heterocycles. The van der Waals surface area contributed by atoms with Gasteiger partial charge < -0.3 is 5.48 Å². The van der Waals surface area contributed by atoms with Gasteiger partial charge in [-0.25, -0.2) is 13.9 Å². The second kappa shape index (κ2) is 4.66. The van der Waals surface area contributed by atoms with E-state index < -0.39 is 11.0 Å². The number of hydrogen-bond donors (Lipinski definition) is 1. The topological polar surface area (TPSA) is 73.5 Å². The van der Waals surface area contributed by atoms with Gasteiger partial charge in [-0.1, -0.05) is 0 Å². The molecular weight excluding hydrogens is 196 g/mol. The molecule has 4 nitrogen and oxygen atoms in total. The Morgan fingerprint density at radius 2 is 2.08 bits per heavy atom. The smallest absolute Gasteiger partial charge is 0.136 e. The average Bonchev–Trinajstić information content (AvgIpc) is 2.28. The van der Waals surface area contributed by atoms with Crippen molar-refractivity contribution in [3.05, 3.63) is 10.7 Å². The monoisotopic (exact) mass is 208 g/mol. The molecule has 12 heavy (non-hydrogen) atoms. The van der Waals surface area contributed by atoms with Gasteiger partial charge >= 0.3 is 0 Å². The van der Waals surface area contributed by atoms with Crippen molar-refractivity contribution in [2.75, 3.05) is 7.05 Å².